The van der Waals surface area contributed by atoms with Crippen molar-refractivity contribution in [1.29, 1.82) is 0 Å². The molecule has 4 atom stereocenters. The van der Waals surface area contributed by atoms with E-state index in [0.29, 0.717) is 0 Å². The van der Waals surface area contributed by atoms with Gasteiger partial charge in [0.1, 0.15) is 6.47 Å². The Morgan fingerprint density at radius 2 is 0.759 bits per heavy atom. The van der Waals surface area contributed by atoms with E-state index in [0.717, 1.165) is 17.9 Å². The van der Waals surface area contributed by atoms with Crippen LogP contribution in [-0.2, 0) is 4.74 Å². The smallest absolute Gasteiger partial charge is 0.184 e. The van der Waals surface area contributed by atoms with Crippen LogP contribution in [-0.4, -0.2) is 31.6 Å². The van der Waals surface area contributed by atoms with Crippen LogP contribution in [0.1, 0.15) is 0 Å². The Kier molecular flexibility index (Phi) is 11.8. The Morgan fingerprint density at radius 3 is 1.00 bits per heavy atom. The second-order valence-electron chi connectivity index (χ2n) is 5.74. The number of halogens is 16. The van der Waals surface area contributed by atoms with Crippen LogP contribution in [0.15, 0.2) is 17.9 Å². The van der Waals surface area contributed by atoms with Crippen LogP contribution in [0.5, 0.6) is 0 Å². The minimum atomic E-state index is -1.16. The summed E-state index contributed by atoms with van der Waals surface area (Å²) >= 11 is 60.2. The highest BCUT2D eigenvalue weighted by molar-refractivity contribution is 9.32. The number of allylic oxidation sites excluding steroid dienone is 2. The maximum Gasteiger partial charge on any atom is 0.184 e. The van der Waals surface area contributed by atoms with Gasteiger partial charge < -0.3 is 4.74 Å². The third-order valence-corrected chi connectivity index (χ3v) is 33.4. The molecule has 0 aromatic carbocycles. The monoisotopic (exact) mass is 1420 g/mol. The first-order chi connectivity index (χ1) is 12.7. The molecule has 2 rings (SSSR count). The molecule has 0 amide bonds. The molecule has 0 heterocycles. The zero-order valence-electron chi connectivity index (χ0n) is 12.6. The Bertz CT molecular complexity index is 721. The first-order valence-corrected chi connectivity index (χ1v) is 19.6. The Hall–Kier alpha value is 7.12. The van der Waals surface area contributed by atoms with E-state index in [1.165, 1.54) is 0 Å². The van der Waals surface area contributed by atoms with Crippen molar-refractivity contribution in [3.63, 3.8) is 0 Å². The van der Waals surface area contributed by atoms with E-state index in [2.05, 4.69) is 255 Å². The quantitative estimate of drug-likeness (QED) is 0.250. The molecule has 0 bridgehead atoms. The highest BCUT2D eigenvalue weighted by Gasteiger charge is 2.74. The Morgan fingerprint density at radius 1 is 0.517 bits per heavy atom. The lowest BCUT2D eigenvalue weighted by Gasteiger charge is -2.58. The van der Waals surface area contributed by atoms with Crippen LogP contribution >= 0.6 is 255 Å². The van der Waals surface area contributed by atoms with Gasteiger partial charge in [-0.05, 0) is 31.9 Å². The summed E-state index contributed by atoms with van der Waals surface area (Å²) < 4.78 is 4.41. The second-order valence-corrected chi connectivity index (χ2v) is 27.1. The lowest BCUT2D eigenvalue weighted by Crippen LogP contribution is -2.67. The maximum absolute atomic E-state index is 6.89. The summed E-state index contributed by atoms with van der Waals surface area (Å²) in [6.45, 7) is 0. The summed E-state index contributed by atoms with van der Waals surface area (Å²) in [5, 5.41) is 0. The van der Waals surface area contributed by atoms with Crippen molar-refractivity contribution in [2.45, 2.75) is 31.6 Å². The number of rotatable bonds is 2. The van der Waals surface area contributed by atoms with Gasteiger partial charge in [-0.1, -0.05) is 223 Å². The van der Waals surface area contributed by atoms with E-state index < -0.39 is 22.0 Å². The average Bonchev–Trinajstić information content (AvgIpc) is 2.61. The van der Waals surface area contributed by atoms with Gasteiger partial charge in [-0.2, -0.15) is 0 Å². The van der Waals surface area contributed by atoms with Crippen LogP contribution in [0.4, 0.5) is 0 Å². The van der Waals surface area contributed by atoms with Crippen molar-refractivity contribution in [3.8, 4) is 0 Å². The first kappa shape index (κ1) is 32.3. The lowest BCUT2D eigenvalue weighted by molar-refractivity contribution is -0.0119. The summed E-state index contributed by atoms with van der Waals surface area (Å²) in [5.41, 5.74) is 0. The molecule has 0 saturated heterocycles. The SMILES string of the molecule is BrC1=C(Br)C(Br)(OC2(Br)C(Br)=C(Br)C(Br)C(Br)(Br)C2(Br)Br)C(Br)(Br)C(Br)(Br)C1Br. The lowest BCUT2D eigenvalue weighted by atomic mass is 10.0. The van der Waals surface area contributed by atoms with Crippen molar-refractivity contribution in [3.05, 3.63) is 17.9 Å². The minimum Gasteiger partial charge on any atom is -0.331 e. The maximum atomic E-state index is 6.89. The van der Waals surface area contributed by atoms with Crippen LogP contribution < -0.4 is 0 Å². The highest BCUT2D eigenvalue weighted by Crippen LogP contribution is 2.74. The van der Waals surface area contributed by atoms with Crippen molar-refractivity contribution in [1.82, 2.24) is 0 Å². The molecular weight excluding hydrogens is 1440 g/mol. The topological polar surface area (TPSA) is 9.23 Å². The van der Waals surface area contributed by atoms with Crippen LogP contribution in [0.2, 0.25) is 0 Å². The zero-order chi connectivity index (χ0) is 23.2. The van der Waals surface area contributed by atoms with E-state index >= 15 is 0 Å². The molecule has 17 heteroatoms. The number of hydrogen-bond acceptors (Lipinski definition) is 1. The molecule has 2 aliphatic rings. The molecule has 0 aromatic rings. The van der Waals surface area contributed by atoms with Crippen molar-refractivity contribution >= 4 is 255 Å². The predicted molar refractivity (Wildman–Crippen MR) is 182 cm³/mol. The van der Waals surface area contributed by atoms with E-state index in [1.54, 1.807) is 0 Å². The van der Waals surface area contributed by atoms with Gasteiger partial charge in [-0.25, -0.2) is 0 Å². The minimum absolute atomic E-state index is 0.156. The van der Waals surface area contributed by atoms with Gasteiger partial charge in [-0.3, -0.25) is 0 Å². The van der Waals surface area contributed by atoms with Gasteiger partial charge in [0.05, 0.1) is 18.6 Å². The molecule has 29 heavy (non-hydrogen) atoms. The molecule has 168 valence electrons. The Labute approximate surface area is 302 Å². The first-order valence-electron chi connectivity index (χ1n) is 6.65. The van der Waals surface area contributed by atoms with Gasteiger partial charge in [0, 0.05) is 8.96 Å². The number of hydrogen-bond donors (Lipinski definition) is 0. The van der Waals surface area contributed by atoms with E-state index in [1.807, 2.05) is 0 Å². The van der Waals surface area contributed by atoms with Crippen molar-refractivity contribution in [2.24, 2.45) is 0 Å². The van der Waals surface area contributed by atoms with Gasteiger partial charge in [-0.15, -0.1) is 0 Å². The molecule has 0 spiro atoms. The fourth-order valence-corrected chi connectivity index (χ4v) is 17.4. The van der Waals surface area contributed by atoms with Gasteiger partial charge in [0.25, 0.3) is 0 Å². The third kappa shape index (κ3) is 4.85. The summed E-state index contributed by atoms with van der Waals surface area (Å²) in [7, 11) is 0. The number of ether oxygens (including phenoxy) is 1. The van der Waals surface area contributed by atoms with Crippen LogP contribution in [0.25, 0.3) is 0 Å². The van der Waals surface area contributed by atoms with Gasteiger partial charge in [0.2, 0.25) is 0 Å². The van der Waals surface area contributed by atoms with Crippen molar-refractivity contribution < 1.29 is 4.74 Å². The largest absolute Gasteiger partial charge is 0.331 e. The molecule has 0 aromatic heterocycles. The summed E-state index contributed by atoms with van der Waals surface area (Å²) in [6, 6.07) is 0. The van der Waals surface area contributed by atoms with Gasteiger partial charge in [0.15, 0.2) is 15.5 Å². The third-order valence-electron chi connectivity index (χ3n) is 3.99. The summed E-state index contributed by atoms with van der Waals surface area (Å²) in [5.74, 6) is 0. The molecule has 2 aliphatic carbocycles. The van der Waals surface area contributed by atoms with Gasteiger partial charge >= 0.3 is 0 Å². The van der Waals surface area contributed by atoms with Crippen LogP contribution in [0.3, 0.4) is 0 Å². The predicted octanol–water partition coefficient (Wildman–Crippen LogP) is 12.7. The molecule has 0 N–H and O–H groups in total. The average molecular weight is 1440 g/mol. The normalized spacial score (nSPS) is 41.0. The zero-order valence-corrected chi connectivity index (χ0v) is 38.0. The molecule has 0 saturated carbocycles. The molecule has 0 aliphatic heterocycles. The molecule has 0 fully saturated rings. The Balaban J connectivity index is 2.82. The highest BCUT2D eigenvalue weighted by atomic mass is 79.9. The van der Waals surface area contributed by atoms with E-state index in [4.69, 9.17) is 4.74 Å². The fourth-order valence-electron chi connectivity index (χ4n) is 2.28. The van der Waals surface area contributed by atoms with Crippen molar-refractivity contribution in [2.75, 3.05) is 0 Å². The van der Waals surface area contributed by atoms with E-state index in [9.17, 15) is 0 Å². The molecule has 4 unspecified atom stereocenters. The molecule has 0 radical (unpaired) electrons. The summed E-state index contributed by atoms with van der Waals surface area (Å²) in [4.78, 5) is -0.311. The molecule has 1 nitrogen and oxygen atoms in total. The summed E-state index contributed by atoms with van der Waals surface area (Å²) in [6.07, 6.45) is 0. The molecular formula is C12H2Br16O. The second kappa shape index (κ2) is 10.6. The van der Waals surface area contributed by atoms with Crippen LogP contribution in [0, 0.1) is 0 Å². The fraction of sp³-hybridized carbons (Fsp3) is 0.667. The van der Waals surface area contributed by atoms with E-state index in [-0.39, 0.29) is 9.65 Å². The standard InChI is InChI=1S/C12H2Br16O/c13-1-3(15)7(19,20)11(25,26)9(23,5(1)17)29-10(24)6(18)2(14)4(16)8(21,22)12(10,27)28/h3-4H. The number of alkyl halides is 12.